The standard InChI is InChI=1S/C15H25N/c1-6-11(2)10-15(16-5)14-8-12(3)7-13(4)9-14/h7-9,11,15-16H,6,10H2,1-5H3. The summed E-state index contributed by atoms with van der Waals surface area (Å²) in [5.74, 6) is 0.776. The van der Waals surface area contributed by atoms with Crippen molar-refractivity contribution in [3.63, 3.8) is 0 Å². The molecule has 16 heavy (non-hydrogen) atoms. The first kappa shape index (κ1) is 13.2. The number of hydrogen-bond donors (Lipinski definition) is 1. The van der Waals surface area contributed by atoms with Crippen molar-refractivity contribution >= 4 is 0 Å². The maximum Gasteiger partial charge on any atom is 0.0320 e. The van der Waals surface area contributed by atoms with Crippen LogP contribution in [0.4, 0.5) is 0 Å². The van der Waals surface area contributed by atoms with E-state index in [0.717, 1.165) is 5.92 Å². The molecule has 1 aromatic rings. The van der Waals surface area contributed by atoms with Gasteiger partial charge >= 0.3 is 0 Å². The molecule has 90 valence electrons. The van der Waals surface area contributed by atoms with E-state index in [1.807, 2.05) is 0 Å². The van der Waals surface area contributed by atoms with Crippen molar-refractivity contribution < 1.29 is 0 Å². The van der Waals surface area contributed by atoms with Crippen LogP contribution in [0.15, 0.2) is 18.2 Å². The summed E-state index contributed by atoms with van der Waals surface area (Å²) in [5, 5.41) is 3.44. The second-order valence-electron chi connectivity index (χ2n) is 5.01. The Kier molecular flexibility index (Phi) is 5.01. The molecule has 1 N–H and O–H groups in total. The lowest BCUT2D eigenvalue weighted by Gasteiger charge is -2.21. The predicted octanol–water partition coefficient (Wildman–Crippen LogP) is 4.00. The molecule has 1 aromatic carbocycles. The first-order chi connectivity index (χ1) is 7.56. The highest BCUT2D eigenvalue weighted by molar-refractivity contribution is 5.30. The molecule has 0 saturated carbocycles. The highest BCUT2D eigenvalue weighted by atomic mass is 14.9. The van der Waals surface area contributed by atoms with Gasteiger partial charge in [-0.2, -0.15) is 0 Å². The third-order valence-corrected chi connectivity index (χ3v) is 3.33. The Morgan fingerprint density at radius 1 is 1.12 bits per heavy atom. The third-order valence-electron chi connectivity index (χ3n) is 3.33. The number of rotatable bonds is 5. The fourth-order valence-electron chi connectivity index (χ4n) is 2.20. The van der Waals surface area contributed by atoms with E-state index in [1.54, 1.807) is 0 Å². The van der Waals surface area contributed by atoms with E-state index in [1.165, 1.54) is 29.5 Å². The van der Waals surface area contributed by atoms with Gasteiger partial charge in [0.15, 0.2) is 0 Å². The van der Waals surface area contributed by atoms with Crippen LogP contribution in [0.5, 0.6) is 0 Å². The summed E-state index contributed by atoms with van der Waals surface area (Å²) in [6.45, 7) is 8.94. The SMILES string of the molecule is CCC(C)CC(NC)c1cc(C)cc(C)c1. The third kappa shape index (κ3) is 3.64. The molecule has 0 aliphatic heterocycles. The van der Waals surface area contributed by atoms with Crippen molar-refractivity contribution in [1.82, 2.24) is 5.32 Å². The van der Waals surface area contributed by atoms with Crippen LogP contribution in [-0.2, 0) is 0 Å². The zero-order valence-corrected chi connectivity index (χ0v) is 11.3. The minimum Gasteiger partial charge on any atom is -0.313 e. The van der Waals surface area contributed by atoms with Crippen molar-refractivity contribution in [2.45, 2.75) is 46.6 Å². The quantitative estimate of drug-likeness (QED) is 0.789. The lowest BCUT2D eigenvalue weighted by Crippen LogP contribution is -2.19. The van der Waals surface area contributed by atoms with Crippen molar-refractivity contribution in [3.05, 3.63) is 34.9 Å². The van der Waals surface area contributed by atoms with Gasteiger partial charge in [-0.15, -0.1) is 0 Å². The number of aryl methyl sites for hydroxylation is 2. The fraction of sp³-hybridized carbons (Fsp3) is 0.600. The van der Waals surface area contributed by atoms with Crippen LogP contribution < -0.4 is 5.32 Å². The van der Waals surface area contributed by atoms with E-state index in [4.69, 9.17) is 0 Å². The summed E-state index contributed by atoms with van der Waals surface area (Å²) in [5.41, 5.74) is 4.15. The summed E-state index contributed by atoms with van der Waals surface area (Å²) in [7, 11) is 2.06. The van der Waals surface area contributed by atoms with Gasteiger partial charge in [-0.25, -0.2) is 0 Å². The molecule has 0 bridgehead atoms. The molecule has 0 saturated heterocycles. The summed E-state index contributed by atoms with van der Waals surface area (Å²) in [4.78, 5) is 0. The molecule has 0 aromatic heterocycles. The summed E-state index contributed by atoms with van der Waals surface area (Å²) >= 11 is 0. The van der Waals surface area contributed by atoms with Gasteiger partial charge in [0, 0.05) is 6.04 Å². The van der Waals surface area contributed by atoms with Gasteiger partial charge < -0.3 is 5.32 Å². The molecule has 0 fully saturated rings. The first-order valence-electron chi connectivity index (χ1n) is 6.32. The van der Waals surface area contributed by atoms with Crippen LogP contribution >= 0.6 is 0 Å². The molecule has 0 amide bonds. The van der Waals surface area contributed by atoms with Gasteiger partial charge in [-0.05, 0) is 38.8 Å². The molecular formula is C15H25N. The number of nitrogens with one attached hydrogen (secondary N) is 1. The summed E-state index contributed by atoms with van der Waals surface area (Å²) in [6.07, 6.45) is 2.47. The lowest BCUT2D eigenvalue weighted by molar-refractivity contribution is 0.422. The summed E-state index contributed by atoms with van der Waals surface area (Å²) in [6, 6.07) is 7.33. The molecule has 1 nitrogen and oxygen atoms in total. The van der Waals surface area contributed by atoms with Gasteiger partial charge in [-0.1, -0.05) is 49.6 Å². The fourth-order valence-corrected chi connectivity index (χ4v) is 2.20. The maximum absolute atomic E-state index is 3.44. The van der Waals surface area contributed by atoms with Crippen molar-refractivity contribution in [2.75, 3.05) is 7.05 Å². The number of hydrogen-bond acceptors (Lipinski definition) is 1. The highest BCUT2D eigenvalue weighted by Gasteiger charge is 2.12. The molecule has 2 atom stereocenters. The van der Waals surface area contributed by atoms with E-state index in [0.29, 0.717) is 6.04 Å². The van der Waals surface area contributed by atoms with Gasteiger partial charge in [-0.3, -0.25) is 0 Å². The Labute approximate surface area is 100 Å². The minimum absolute atomic E-state index is 0.494. The van der Waals surface area contributed by atoms with Crippen molar-refractivity contribution in [3.8, 4) is 0 Å². The molecule has 0 heterocycles. The Morgan fingerprint density at radius 3 is 2.12 bits per heavy atom. The Balaban J connectivity index is 2.86. The van der Waals surface area contributed by atoms with E-state index in [2.05, 4.69) is 58.3 Å². The molecule has 0 aliphatic carbocycles. The topological polar surface area (TPSA) is 12.0 Å². The maximum atomic E-state index is 3.44. The smallest absolute Gasteiger partial charge is 0.0320 e. The van der Waals surface area contributed by atoms with Crippen LogP contribution in [-0.4, -0.2) is 7.05 Å². The minimum atomic E-state index is 0.494. The molecule has 0 spiro atoms. The molecule has 2 unspecified atom stereocenters. The molecule has 0 aliphatic rings. The normalized spacial score (nSPS) is 14.8. The van der Waals surface area contributed by atoms with E-state index in [-0.39, 0.29) is 0 Å². The van der Waals surface area contributed by atoms with Crippen LogP contribution in [0, 0.1) is 19.8 Å². The second kappa shape index (κ2) is 6.05. The Morgan fingerprint density at radius 2 is 1.69 bits per heavy atom. The van der Waals surface area contributed by atoms with Gasteiger partial charge in [0.05, 0.1) is 0 Å². The zero-order chi connectivity index (χ0) is 12.1. The number of benzene rings is 1. The Hall–Kier alpha value is -0.820. The van der Waals surface area contributed by atoms with Crippen LogP contribution in [0.3, 0.4) is 0 Å². The van der Waals surface area contributed by atoms with Crippen LogP contribution in [0.25, 0.3) is 0 Å². The lowest BCUT2D eigenvalue weighted by atomic mass is 9.92. The first-order valence-corrected chi connectivity index (χ1v) is 6.32. The van der Waals surface area contributed by atoms with Gasteiger partial charge in [0.2, 0.25) is 0 Å². The van der Waals surface area contributed by atoms with Crippen LogP contribution in [0.1, 0.15) is 49.4 Å². The second-order valence-corrected chi connectivity index (χ2v) is 5.01. The van der Waals surface area contributed by atoms with Crippen LogP contribution in [0.2, 0.25) is 0 Å². The summed E-state index contributed by atoms with van der Waals surface area (Å²) < 4.78 is 0. The van der Waals surface area contributed by atoms with E-state index < -0.39 is 0 Å². The largest absolute Gasteiger partial charge is 0.313 e. The molecular weight excluding hydrogens is 194 g/mol. The molecule has 0 radical (unpaired) electrons. The van der Waals surface area contributed by atoms with Gasteiger partial charge in [0.1, 0.15) is 0 Å². The highest BCUT2D eigenvalue weighted by Crippen LogP contribution is 2.24. The monoisotopic (exact) mass is 219 g/mol. The average molecular weight is 219 g/mol. The Bertz CT molecular complexity index is 310. The van der Waals surface area contributed by atoms with Crippen molar-refractivity contribution in [2.24, 2.45) is 5.92 Å². The van der Waals surface area contributed by atoms with Gasteiger partial charge in [0.25, 0.3) is 0 Å². The van der Waals surface area contributed by atoms with Crippen molar-refractivity contribution in [1.29, 1.82) is 0 Å². The van der Waals surface area contributed by atoms with E-state index >= 15 is 0 Å². The predicted molar refractivity (Wildman–Crippen MR) is 71.8 cm³/mol. The molecule has 1 rings (SSSR count). The molecule has 1 heteroatoms. The zero-order valence-electron chi connectivity index (χ0n) is 11.3. The average Bonchev–Trinajstić information content (AvgIpc) is 2.24. The van der Waals surface area contributed by atoms with E-state index in [9.17, 15) is 0 Å².